The van der Waals surface area contributed by atoms with Gasteiger partial charge in [-0.3, -0.25) is 4.79 Å². The molecule has 0 saturated carbocycles. The van der Waals surface area contributed by atoms with Crippen LogP contribution >= 0.6 is 0 Å². The van der Waals surface area contributed by atoms with Crippen LogP contribution in [0.1, 0.15) is 111 Å². The third-order valence-corrected chi connectivity index (χ3v) is 6.33. The van der Waals surface area contributed by atoms with E-state index in [4.69, 9.17) is 9.84 Å². The Morgan fingerprint density at radius 3 is 1.53 bits per heavy atom. The number of hydrogen-bond acceptors (Lipinski definition) is 7. The minimum atomic E-state index is -1.45. The molecule has 0 aliphatic heterocycles. The molecule has 32 heavy (non-hydrogen) atoms. The molecule has 0 fully saturated rings. The summed E-state index contributed by atoms with van der Waals surface area (Å²) < 4.78 is 5.39. The van der Waals surface area contributed by atoms with E-state index in [1.54, 1.807) is 0 Å². The van der Waals surface area contributed by atoms with Gasteiger partial charge in [-0.1, -0.05) is 97.8 Å². The number of aliphatic hydroxyl groups is 5. The van der Waals surface area contributed by atoms with E-state index in [-0.39, 0.29) is 6.42 Å². The van der Waals surface area contributed by atoms with Gasteiger partial charge < -0.3 is 30.3 Å². The SMILES string of the molecule is CCCCCCCCCCCCCCCC(=O)OC(C(O)CO)C(C)(C)C(O)C(O)CO. The average molecular weight is 463 g/mol. The van der Waals surface area contributed by atoms with Crippen LogP contribution < -0.4 is 0 Å². The number of ether oxygens (including phenoxy) is 1. The Bertz CT molecular complexity index is 456. The molecule has 5 N–H and O–H groups in total. The predicted molar refractivity (Wildman–Crippen MR) is 126 cm³/mol. The second-order valence-electron chi connectivity index (χ2n) is 9.67. The highest BCUT2D eigenvalue weighted by Crippen LogP contribution is 2.32. The molecule has 4 atom stereocenters. The maximum absolute atomic E-state index is 12.3. The molecule has 0 aliphatic rings. The molecule has 0 bridgehead atoms. The fraction of sp³-hybridized carbons (Fsp3) is 0.960. The second kappa shape index (κ2) is 18.7. The lowest BCUT2D eigenvalue weighted by Gasteiger charge is -2.40. The van der Waals surface area contributed by atoms with Crippen molar-refractivity contribution in [2.45, 2.75) is 135 Å². The van der Waals surface area contributed by atoms with Gasteiger partial charge in [0.1, 0.15) is 18.3 Å². The highest BCUT2D eigenvalue weighted by atomic mass is 16.6. The number of esters is 1. The first-order chi connectivity index (χ1) is 15.2. The molecule has 192 valence electrons. The summed E-state index contributed by atoms with van der Waals surface area (Å²) in [5, 5.41) is 48.5. The number of unbranched alkanes of at least 4 members (excludes halogenated alkanes) is 12. The molecular formula is C25H50O7. The van der Waals surface area contributed by atoms with Crippen molar-refractivity contribution in [3.8, 4) is 0 Å². The van der Waals surface area contributed by atoms with E-state index in [9.17, 15) is 25.2 Å². The third kappa shape index (κ3) is 13.1. The molecule has 0 spiro atoms. The zero-order valence-electron chi connectivity index (χ0n) is 20.7. The van der Waals surface area contributed by atoms with Gasteiger partial charge in [-0.25, -0.2) is 0 Å². The van der Waals surface area contributed by atoms with Crippen LogP contribution in [-0.2, 0) is 9.53 Å². The van der Waals surface area contributed by atoms with E-state index in [1.807, 2.05) is 0 Å². The van der Waals surface area contributed by atoms with Crippen LogP contribution in [0.15, 0.2) is 0 Å². The van der Waals surface area contributed by atoms with Crippen LogP contribution in [0.25, 0.3) is 0 Å². The molecule has 0 rings (SSSR count). The minimum absolute atomic E-state index is 0.196. The molecule has 4 unspecified atom stereocenters. The van der Waals surface area contributed by atoms with Crippen LogP contribution in [0.5, 0.6) is 0 Å². The number of rotatable bonds is 21. The van der Waals surface area contributed by atoms with Gasteiger partial charge in [-0.2, -0.15) is 0 Å². The molecule has 0 radical (unpaired) electrons. The lowest BCUT2D eigenvalue weighted by Crippen LogP contribution is -2.54. The van der Waals surface area contributed by atoms with Crippen molar-refractivity contribution >= 4 is 5.97 Å². The quantitative estimate of drug-likeness (QED) is 0.130. The number of hydrogen-bond donors (Lipinski definition) is 5. The summed E-state index contributed by atoms with van der Waals surface area (Å²) in [5.74, 6) is -0.510. The van der Waals surface area contributed by atoms with Gasteiger partial charge >= 0.3 is 5.97 Å². The van der Waals surface area contributed by atoms with Crippen LogP contribution in [0.4, 0.5) is 0 Å². The fourth-order valence-corrected chi connectivity index (χ4v) is 4.07. The molecule has 0 amide bonds. The molecule has 0 aromatic rings. The first-order valence-electron chi connectivity index (χ1n) is 12.7. The average Bonchev–Trinajstić information content (AvgIpc) is 2.78. The summed E-state index contributed by atoms with van der Waals surface area (Å²) >= 11 is 0. The standard InChI is InChI=1S/C25H50O7/c1-4-5-6-7-8-9-10-11-12-13-14-15-16-17-22(30)32-24(21(29)19-27)25(2,3)23(31)20(28)18-26/h20-21,23-24,26-29,31H,4-19H2,1-3H3. The second-order valence-corrected chi connectivity index (χ2v) is 9.67. The normalized spacial score (nSPS) is 15.9. The van der Waals surface area contributed by atoms with Crippen LogP contribution in [-0.4, -0.2) is 69.1 Å². The van der Waals surface area contributed by atoms with Gasteiger partial charge in [0, 0.05) is 11.8 Å². The van der Waals surface area contributed by atoms with Gasteiger partial charge in [0.05, 0.1) is 19.3 Å². The van der Waals surface area contributed by atoms with E-state index in [0.717, 1.165) is 19.3 Å². The highest BCUT2D eigenvalue weighted by molar-refractivity contribution is 5.69. The zero-order valence-corrected chi connectivity index (χ0v) is 20.7. The van der Waals surface area contributed by atoms with Crippen LogP contribution in [0, 0.1) is 5.41 Å². The van der Waals surface area contributed by atoms with Gasteiger partial charge in [-0.05, 0) is 6.42 Å². The summed E-state index contributed by atoms with van der Waals surface area (Å²) in [7, 11) is 0. The molecule has 7 nitrogen and oxygen atoms in total. The lowest BCUT2D eigenvalue weighted by atomic mass is 9.76. The van der Waals surface area contributed by atoms with Crippen LogP contribution in [0.2, 0.25) is 0 Å². The summed E-state index contributed by atoms with van der Waals surface area (Å²) in [6.07, 6.45) is 10.4. The minimum Gasteiger partial charge on any atom is -0.459 e. The lowest BCUT2D eigenvalue weighted by molar-refractivity contribution is -0.186. The first kappa shape index (κ1) is 31.3. The summed E-state index contributed by atoms with van der Waals surface area (Å²) in [6, 6.07) is 0. The van der Waals surface area contributed by atoms with E-state index in [2.05, 4.69) is 6.92 Å². The van der Waals surface area contributed by atoms with Gasteiger partial charge in [0.15, 0.2) is 0 Å². The fourth-order valence-electron chi connectivity index (χ4n) is 4.07. The summed E-state index contributed by atoms with van der Waals surface area (Å²) in [5.41, 5.74) is -1.27. The van der Waals surface area contributed by atoms with Gasteiger partial charge in [0.25, 0.3) is 0 Å². The van der Waals surface area contributed by atoms with E-state index >= 15 is 0 Å². The number of aliphatic hydroxyl groups excluding tert-OH is 5. The third-order valence-electron chi connectivity index (χ3n) is 6.33. The number of carbonyl (C=O) groups is 1. The van der Waals surface area contributed by atoms with Crippen LogP contribution in [0.3, 0.4) is 0 Å². The maximum atomic E-state index is 12.3. The molecule has 0 heterocycles. The van der Waals surface area contributed by atoms with Crippen molar-refractivity contribution in [1.82, 2.24) is 0 Å². The van der Waals surface area contributed by atoms with Crippen molar-refractivity contribution in [3.63, 3.8) is 0 Å². The molecule has 0 saturated heterocycles. The molecular weight excluding hydrogens is 412 g/mol. The predicted octanol–water partition coefficient (Wildman–Crippen LogP) is 3.47. The van der Waals surface area contributed by atoms with E-state index in [1.165, 1.54) is 71.6 Å². The zero-order chi connectivity index (χ0) is 24.4. The van der Waals surface area contributed by atoms with E-state index in [0.29, 0.717) is 6.42 Å². The van der Waals surface area contributed by atoms with Gasteiger partial charge in [0.2, 0.25) is 0 Å². The maximum Gasteiger partial charge on any atom is 0.306 e. The van der Waals surface area contributed by atoms with Crippen molar-refractivity contribution in [1.29, 1.82) is 0 Å². The summed E-state index contributed by atoms with van der Waals surface area (Å²) in [4.78, 5) is 12.3. The topological polar surface area (TPSA) is 127 Å². The van der Waals surface area contributed by atoms with E-state index < -0.39 is 49.0 Å². The Morgan fingerprint density at radius 1 is 0.719 bits per heavy atom. The van der Waals surface area contributed by atoms with Crippen molar-refractivity contribution in [2.75, 3.05) is 13.2 Å². The smallest absolute Gasteiger partial charge is 0.306 e. The molecule has 0 aliphatic carbocycles. The highest BCUT2D eigenvalue weighted by Gasteiger charge is 2.45. The number of carbonyl (C=O) groups excluding carboxylic acids is 1. The monoisotopic (exact) mass is 462 g/mol. The van der Waals surface area contributed by atoms with Crippen molar-refractivity contribution in [3.05, 3.63) is 0 Å². The Kier molecular flexibility index (Phi) is 18.2. The Hall–Kier alpha value is -0.730. The van der Waals surface area contributed by atoms with Crippen molar-refractivity contribution in [2.24, 2.45) is 5.41 Å². The van der Waals surface area contributed by atoms with Gasteiger partial charge in [-0.15, -0.1) is 0 Å². The largest absolute Gasteiger partial charge is 0.459 e. The van der Waals surface area contributed by atoms with Crippen molar-refractivity contribution < 1.29 is 35.1 Å². The Balaban J connectivity index is 4.10. The Labute approximate surface area is 195 Å². The Morgan fingerprint density at radius 2 is 1.12 bits per heavy atom. The molecule has 0 aromatic carbocycles. The summed E-state index contributed by atoms with van der Waals surface area (Å²) in [6.45, 7) is 3.94. The molecule has 7 heteroatoms. The first-order valence-corrected chi connectivity index (χ1v) is 12.7. The molecule has 0 aromatic heterocycles.